The summed E-state index contributed by atoms with van der Waals surface area (Å²) in [5.41, 5.74) is 5.56. The Bertz CT molecular complexity index is 1010. The van der Waals surface area contributed by atoms with Crippen molar-refractivity contribution in [3.63, 3.8) is 0 Å². The molecule has 5 heteroatoms. The van der Waals surface area contributed by atoms with Crippen LogP contribution in [0.25, 0.3) is 5.69 Å². The van der Waals surface area contributed by atoms with Gasteiger partial charge in [-0.3, -0.25) is 9.59 Å². The molecule has 0 atom stereocenters. The van der Waals surface area contributed by atoms with Crippen molar-refractivity contribution < 1.29 is 9.59 Å². The van der Waals surface area contributed by atoms with Crippen LogP contribution in [0.15, 0.2) is 60.9 Å². The van der Waals surface area contributed by atoms with Gasteiger partial charge in [0.2, 0.25) is 5.91 Å². The molecule has 1 heterocycles. The quantitative estimate of drug-likeness (QED) is 0.579. The number of Topliss-reactive ketones (excluding diaryl/α,β-unsaturated/α-hetero) is 1. The lowest BCUT2D eigenvalue weighted by atomic mass is 9.89. The largest absolute Gasteiger partial charge is 0.356 e. The molecule has 1 N–H and O–H groups in total. The molecule has 3 aromatic rings. The summed E-state index contributed by atoms with van der Waals surface area (Å²) in [5, 5.41) is 7.13. The predicted octanol–water partition coefficient (Wildman–Crippen LogP) is 4.07. The van der Waals surface area contributed by atoms with Crippen molar-refractivity contribution in [2.24, 2.45) is 0 Å². The topological polar surface area (TPSA) is 64.0 Å². The van der Waals surface area contributed by atoms with Gasteiger partial charge in [-0.15, -0.1) is 0 Å². The zero-order valence-electron chi connectivity index (χ0n) is 17.1. The highest BCUT2D eigenvalue weighted by Gasteiger charge is 2.14. The van der Waals surface area contributed by atoms with Gasteiger partial charge in [0, 0.05) is 37.3 Å². The van der Waals surface area contributed by atoms with Crippen LogP contribution in [0.5, 0.6) is 0 Å². The van der Waals surface area contributed by atoms with Gasteiger partial charge in [0.05, 0.1) is 5.69 Å². The lowest BCUT2D eigenvalue weighted by Gasteiger charge is -2.16. The fraction of sp³-hybridized carbons (Fsp3) is 0.320. The van der Waals surface area contributed by atoms with E-state index in [2.05, 4.69) is 16.5 Å². The lowest BCUT2D eigenvalue weighted by molar-refractivity contribution is -0.121. The van der Waals surface area contributed by atoms with Crippen LogP contribution in [-0.4, -0.2) is 28.0 Å². The Morgan fingerprint density at radius 3 is 2.53 bits per heavy atom. The van der Waals surface area contributed by atoms with E-state index in [-0.39, 0.29) is 24.5 Å². The van der Waals surface area contributed by atoms with E-state index in [1.54, 1.807) is 6.20 Å². The molecule has 0 aliphatic heterocycles. The zero-order valence-corrected chi connectivity index (χ0v) is 17.1. The number of aromatic nitrogens is 2. The number of hydrogen-bond donors (Lipinski definition) is 1. The SMILES string of the molecule is O=C(CCC(=O)c1ccc2c(c1)CCCC2)NCCc1ccc(-n2cccn2)cc1. The minimum absolute atomic E-state index is 0.0488. The van der Waals surface area contributed by atoms with E-state index < -0.39 is 0 Å². The minimum Gasteiger partial charge on any atom is -0.356 e. The molecule has 0 saturated carbocycles. The Morgan fingerprint density at radius 2 is 1.77 bits per heavy atom. The first-order valence-electron chi connectivity index (χ1n) is 10.7. The first-order valence-corrected chi connectivity index (χ1v) is 10.7. The number of nitrogens with zero attached hydrogens (tertiary/aromatic N) is 2. The Morgan fingerprint density at radius 1 is 0.967 bits per heavy atom. The number of hydrogen-bond acceptors (Lipinski definition) is 3. The highest BCUT2D eigenvalue weighted by atomic mass is 16.2. The molecule has 30 heavy (non-hydrogen) atoms. The number of amides is 1. The number of nitrogens with one attached hydrogen (secondary N) is 1. The summed E-state index contributed by atoms with van der Waals surface area (Å²) in [7, 11) is 0. The molecule has 4 rings (SSSR count). The third-order valence-corrected chi connectivity index (χ3v) is 5.69. The number of benzene rings is 2. The van der Waals surface area contributed by atoms with Crippen LogP contribution < -0.4 is 5.32 Å². The molecule has 0 fully saturated rings. The summed E-state index contributed by atoms with van der Waals surface area (Å²) in [4.78, 5) is 24.6. The molecule has 0 unspecified atom stereocenters. The number of fused-ring (bicyclic) bond motifs is 1. The van der Waals surface area contributed by atoms with Crippen molar-refractivity contribution in [3.8, 4) is 5.69 Å². The molecule has 5 nitrogen and oxygen atoms in total. The van der Waals surface area contributed by atoms with E-state index in [0.29, 0.717) is 6.54 Å². The molecule has 1 aliphatic rings. The minimum atomic E-state index is -0.0746. The van der Waals surface area contributed by atoms with Gasteiger partial charge in [-0.2, -0.15) is 5.10 Å². The maximum atomic E-state index is 12.5. The third kappa shape index (κ3) is 5.03. The zero-order chi connectivity index (χ0) is 20.8. The van der Waals surface area contributed by atoms with E-state index >= 15 is 0 Å². The van der Waals surface area contributed by atoms with Gasteiger partial charge in [-0.25, -0.2) is 4.68 Å². The molecule has 154 valence electrons. The Labute approximate surface area is 177 Å². The van der Waals surface area contributed by atoms with Crippen molar-refractivity contribution >= 4 is 11.7 Å². The molecule has 1 aromatic heterocycles. The van der Waals surface area contributed by atoms with Crippen molar-refractivity contribution in [3.05, 3.63) is 83.2 Å². The van der Waals surface area contributed by atoms with Crippen LogP contribution in [0, 0.1) is 0 Å². The fourth-order valence-corrected chi connectivity index (χ4v) is 3.95. The van der Waals surface area contributed by atoms with Gasteiger partial charge in [0.1, 0.15) is 0 Å². The molecular weight excluding hydrogens is 374 g/mol. The lowest BCUT2D eigenvalue weighted by Crippen LogP contribution is -2.26. The standard InChI is InChI=1S/C25H27N3O2/c29-24(22-9-8-20-4-1-2-5-21(20)18-22)12-13-25(30)26-16-14-19-6-10-23(11-7-19)28-17-3-15-27-28/h3,6-11,15,17-18H,1-2,4-5,12-14,16H2,(H,26,30). The van der Waals surface area contributed by atoms with Crippen LogP contribution in [0.2, 0.25) is 0 Å². The summed E-state index contributed by atoms with van der Waals surface area (Å²) in [6.07, 6.45) is 9.48. The van der Waals surface area contributed by atoms with Gasteiger partial charge < -0.3 is 5.32 Å². The van der Waals surface area contributed by atoms with Crippen molar-refractivity contribution in [1.29, 1.82) is 0 Å². The molecule has 0 bridgehead atoms. The van der Waals surface area contributed by atoms with E-state index in [0.717, 1.165) is 36.1 Å². The monoisotopic (exact) mass is 401 g/mol. The molecular formula is C25H27N3O2. The summed E-state index contributed by atoms with van der Waals surface area (Å²) in [6, 6.07) is 16.0. The number of carbonyl (C=O) groups excluding carboxylic acids is 2. The van der Waals surface area contributed by atoms with Crippen LogP contribution in [-0.2, 0) is 24.1 Å². The van der Waals surface area contributed by atoms with Crippen LogP contribution in [0.1, 0.15) is 52.7 Å². The summed E-state index contributed by atoms with van der Waals surface area (Å²) in [5.74, 6) is -0.0257. The van der Waals surface area contributed by atoms with E-state index in [9.17, 15) is 9.59 Å². The fourth-order valence-electron chi connectivity index (χ4n) is 3.95. The number of ketones is 1. The number of rotatable bonds is 8. The number of aryl methyl sites for hydroxylation is 2. The number of carbonyl (C=O) groups is 2. The second-order valence-corrected chi connectivity index (χ2v) is 7.83. The van der Waals surface area contributed by atoms with Crippen molar-refractivity contribution in [2.45, 2.75) is 44.9 Å². The Kier molecular flexibility index (Phi) is 6.38. The van der Waals surface area contributed by atoms with Crippen LogP contribution in [0.4, 0.5) is 0 Å². The average molecular weight is 402 g/mol. The Balaban J connectivity index is 1.20. The first-order chi connectivity index (χ1) is 14.7. The molecule has 2 aromatic carbocycles. The van der Waals surface area contributed by atoms with Gasteiger partial charge in [0.25, 0.3) is 0 Å². The normalized spacial score (nSPS) is 12.9. The van der Waals surface area contributed by atoms with E-state index in [4.69, 9.17) is 0 Å². The molecule has 0 saturated heterocycles. The van der Waals surface area contributed by atoms with E-state index in [1.165, 1.54) is 24.0 Å². The molecule has 0 spiro atoms. The van der Waals surface area contributed by atoms with Crippen LogP contribution >= 0.6 is 0 Å². The highest BCUT2D eigenvalue weighted by Crippen LogP contribution is 2.23. The van der Waals surface area contributed by atoms with Crippen molar-refractivity contribution in [1.82, 2.24) is 15.1 Å². The highest BCUT2D eigenvalue weighted by molar-refractivity contribution is 5.98. The predicted molar refractivity (Wildman–Crippen MR) is 117 cm³/mol. The maximum Gasteiger partial charge on any atom is 0.220 e. The summed E-state index contributed by atoms with van der Waals surface area (Å²) >= 11 is 0. The summed E-state index contributed by atoms with van der Waals surface area (Å²) in [6.45, 7) is 0.562. The van der Waals surface area contributed by atoms with Crippen molar-refractivity contribution in [2.75, 3.05) is 6.54 Å². The van der Waals surface area contributed by atoms with Crippen LogP contribution in [0.3, 0.4) is 0 Å². The first kappa shape index (κ1) is 20.1. The smallest absolute Gasteiger partial charge is 0.220 e. The van der Waals surface area contributed by atoms with Gasteiger partial charge >= 0.3 is 0 Å². The molecule has 1 aliphatic carbocycles. The average Bonchev–Trinajstić information content (AvgIpc) is 3.32. The summed E-state index contributed by atoms with van der Waals surface area (Å²) < 4.78 is 1.81. The van der Waals surface area contributed by atoms with Gasteiger partial charge in [-0.1, -0.05) is 24.3 Å². The van der Waals surface area contributed by atoms with Gasteiger partial charge in [0.15, 0.2) is 5.78 Å². The third-order valence-electron chi connectivity index (χ3n) is 5.69. The van der Waals surface area contributed by atoms with Gasteiger partial charge in [-0.05, 0) is 73.1 Å². The second-order valence-electron chi connectivity index (χ2n) is 7.83. The molecule has 0 radical (unpaired) electrons. The van der Waals surface area contributed by atoms with E-state index in [1.807, 2.05) is 53.3 Å². The molecule has 1 amide bonds. The Hall–Kier alpha value is -3.21. The maximum absolute atomic E-state index is 12.5. The second kappa shape index (κ2) is 9.53.